The van der Waals surface area contributed by atoms with Gasteiger partial charge in [-0.25, -0.2) is 0 Å². The summed E-state index contributed by atoms with van der Waals surface area (Å²) in [4.78, 5) is 8.68. The molecule has 0 saturated heterocycles. The van der Waals surface area contributed by atoms with Gasteiger partial charge >= 0.3 is 0 Å². The zero-order valence-electron chi connectivity index (χ0n) is 21.9. The minimum atomic E-state index is 0. The molecule has 0 aliphatic rings. The Morgan fingerprint density at radius 2 is 1.35 bits per heavy atom. The first-order valence-corrected chi connectivity index (χ1v) is 13.0. The normalized spacial score (nSPS) is 11.3. The minimum Gasteiger partial charge on any atom is -0.501 e. The molecule has 7 rings (SSSR count). The van der Waals surface area contributed by atoms with E-state index in [1.165, 1.54) is 11.1 Å². The van der Waals surface area contributed by atoms with E-state index in [1.54, 1.807) is 12.4 Å². The van der Waals surface area contributed by atoms with Crippen molar-refractivity contribution >= 4 is 21.9 Å². The maximum absolute atomic E-state index is 6.29. The van der Waals surface area contributed by atoms with Crippen LogP contribution in [0.1, 0.15) is 24.0 Å². The predicted octanol–water partition coefficient (Wildman–Crippen LogP) is 9.15. The third kappa shape index (κ3) is 5.79. The first kappa shape index (κ1) is 27.2. The van der Waals surface area contributed by atoms with E-state index >= 15 is 0 Å². The fourth-order valence-corrected chi connectivity index (χ4v) is 4.74. The van der Waals surface area contributed by atoms with Crippen LogP contribution in [-0.2, 0) is 20.1 Å². The second kappa shape index (κ2) is 12.7. The van der Waals surface area contributed by atoms with Crippen molar-refractivity contribution < 1.29 is 24.5 Å². The van der Waals surface area contributed by atoms with E-state index in [2.05, 4.69) is 77.6 Å². The molecule has 0 amide bonds. The fraction of sp³-hybridized carbons (Fsp3) is 0.0556. The van der Waals surface area contributed by atoms with E-state index in [0.29, 0.717) is 5.92 Å². The molecule has 0 bridgehead atoms. The first-order valence-electron chi connectivity index (χ1n) is 13.0. The number of fused-ring (bicyclic) bond motifs is 3. The molecule has 0 aliphatic heterocycles. The number of rotatable bonds is 4. The number of nitrogens with zero attached hydrogens (tertiary/aromatic N) is 2. The molecule has 1 atom stereocenters. The molecule has 0 aliphatic carbocycles. The van der Waals surface area contributed by atoms with Crippen LogP contribution in [0.15, 0.2) is 138 Å². The standard InChI is InChI=1S/C25H18NO.C11H8N.Ir/c1-17(18-8-3-2-4-9-18)19-13-14-20-21-10-7-11-22(23-12-5-6-15-26-23)25(21)27-24(20)16-19;1-2-6-10(7-3-1)11-8-4-5-9-12-11;/h2-10,12-17H,1H3;1-6,8-9H;/q2*-1;. The van der Waals surface area contributed by atoms with Crippen LogP contribution in [0.4, 0.5) is 0 Å². The van der Waals surface area contributed by atoms with Gasteiger partial charge in [0, 0.05) is 43.8 Å². The summed E-state index contributed by atoms with van der Waals surface area (Å²) >= 11 is 0. The zero-order valence-corrected chi connectivity index (χ0v) is 24.3. The predicted molar refractivity (Wildman–Crippen MR) is 158 cm³/mol. The minimum absolute atomic E-state index is 0. The molecule has 0 N–H and O–H groups in total. The van der Waals surface area contributed by atoms with Crippen molar-refractivity contribution in [2.45, 2.75) is 12.8 Å². The van der Waals surface area contributed by atoms with Crippen LogP contribution in [0, 0.1) is 12.1 Å². The van der Waals surface area contributed by atoms with Crippen molar-refractivity contribution in [2.24, 2.45) is 0 Å². The van der Waals surface area contributed by atoms with Crippen LogP contribution < -0.4 is 0 Å². The van der Waals surface area contributed by atoms with Crippen LogP contribution in [-0.4, -0.2) is 9.97 Å². The SMILES string of the molecule is CC(c1ccccc1)c1ccc2c(c1)oc1c(-c3ccccn3)[c-]ccc12.[Ir].[c-]1ccccc1-c1ccccn1. The molecule has 0 spiro atoms. The Morgan fingerprint density at radius 1 is 0.625 bits per heavy atom. The average molecular weight is 695 g/mol. The quantitative estimate of drug-likeness (QED) is 0.173. The zero-order chi connectivity index (χ0) is 26.4. The third-order valence-corrected chi connectivity index (χ3v) is 6.83. The summed E-state index contributed by atoms with van der Waals surface area (Å²) in [5.74, 6) is 0.311. The van der Waals surface area contributed by atoms with Gasteiger partial charge in [0.1, 0.15) is 5.58 Å². The van der Waals surface area contributed by atoms with Gasteiger partial charge in [0.15, 0.2) is 0 Å². The summed E-state index contributed by atoms with van der Waals surface area (Å²) in [7, 11) is 0. The maximum Gasteiger partial charge on any atom is 0.121 e. The molecule has 4 heteroatoms. The monoisotopic (exact) mass is 695 g/mol. The largest absolute Gasteiger partial charge is 0.501 e. The molecule has 40 heavy (non-hydrogen) atoms. The van der Waals surface area contributed by atoms with Gasteiger partial charge in [-0.05, 0) is 40.7 Å². The Bertz CT molecular complexity index is 1760. The van der Waals surface area contributed by atoms with Crippen molar-refractivity contribution in [1.82, 2.24) is 9.97 Å². The van der Waals surface area contributed by atoms with Crippen molar-refractivity contribution in [3.05, 3.63) is 157 Å². The Kier molecular flexibility index (Phi) is 8.61. The van der Waals surface area contributed by atoms with Gasteiger partial charge in [-0.15, -0.1) is 54.1 Å². The van der Waals surface area contributed by atoms with Gasteiger partial charge in [0.2, 0.25) is 0 Å². The van der Waals surface area contributed by atoms with Gasteiger partial charge in [-0.3, -0.25) is 0 Å². The molecular formula is C36H26IrN2O-2. The average Bonchev–Trinajstić information content (AvgIpc) is 3.41. The molecular weight excluding hydrogens is 669 g/mol. The summed E-state index contributed by atoms with van der Waals surface area (Å²) in [6, 6.07) is 47.1. The van der Waals surface area contributed by atoms with Crippen molar-refractivity contribution in [2.75, 3.05) is 0 Å². The molecule has 0 saturated carbocycles. The third-order valence-electron chi connectivity index (χ3n) is 6.83. The van der Waals surface area contributed by atoms with Crippen LogP contribution in [0.3, 0.4) is 0 Å². The fourth-order valence-electron chi connectivity index (χ4n) is 4.74. The summed E-state index contributed by atoms with van der Waals surface area (Å²) in [5, 5.41) is 2.23. The topological polar surface area (TPSA) is 38.9 Å². The van der Waals surface area contributed by atoms with Crippen LogP contribution >= 0.6 is 0 Å². The molecule has 1 radical (unpaired) electrons. The second-order valence-electron chi connectivity index (χ2n) is 9.29. The molecule has 1 unspecified atom stereocenters. The molecule has 7 aromatic rings. The summed E-state index contributed by atoms with van der Waals surface area (Å²) in [6.45, 7) is 2.23. The first-order chi connectivity index (χ1) is 19.3. The molecule has 0 fully saturated rings. The van der Waals surface area contributed by atoms with Crippen LogP contribution in [0.25, 0.3) is 44.5 Å². The number of hydrogen-bond acceptors (Lipinski definition) is 3. The maximum atomic E-state index is 6.29. The molecule has 3 heterocycles. The molecule has 3 aromatic heterocycles. The van der Waals surface area contributed by atoms with Crippen molar-refractivity contribution in [3.8, 4) is 22.5 Å². The second-order valence-corrected chi connectivity index (χ2v) is 9.29. The van der Waals surface area contributed by atoms with E-state index in [1.807, 2.05) is 72.8 Å². The van der Waals surface area contributed by atoms with E-state index in [4.69, 9.17) is 4.42 Å². The van der Waals surface area contributed by atoms with Crippen molar-refractivity contribution in [1.29, 1.82) is 0 Å². The van der Waals surface area contributed by atoms with Gasteiger partial charge in [-0.2, -0.15) is 0 Å². The van der Waals surface area contributed by atoms with Crippen LogP contribution in [0.5, 0.6) is 0 Å². The van der Waals surface area contributed by atoms with E-state index in [0.717, 1.165) is 44.5 Å². The summed E-state index contributed by atoms with van der Waals surface area (Å²) in [5.41, 5.74) is 8.09. The van der Waals surface area contributed by atoms with Gasteiger partial charge in [-0.1, -0.05) is 84.6 Å². The summed E-state index contributed by atoms with van der Waals surface area (Å²) in [6.07, 6.45) is 3.58. The molecule has 197 valence electrons. The van der Waals surface area contributed by atoms with Gasteiger partial charge in [0.05, 0.1) is 5.58 Å². The Morgan fingerprint density at radius 3 is 2.05 bits per heavy atom. The van der Waals surface area contributed by atoms with Gasteiger partial charge < -0.3 is 14.4 Å². The molecule has 3 nitrogen and oxygen atoms in total. The number of benzene rings is 4. The van der Waals surface area contributed by atoms with E-state index in [9.17, 15) is 0 Å². The summed E-state index contributed by atoms with van der Waals surface area (Å²) < 4.78 is 6.29. The Hall–Kier alpha value is -4.37. The van der Waals surface area contributed by atoms with E-state index in [-0.39, 0.29) is 20.1 Å². The van der Waals surface area contributed by atoms with Crippen LogP contribution in [0.2, 0.25) is 0 Å². The Balaban J connectivity index is 0.000000209. The number of furan rings is 1. The number of aromatic nitrogens is 2. The smallest absolute Gasteiger partial charge is 0.121 e. The number of hydrogen-bond donors (Lipinski definition) is 0. The number of pyridine rings is 2. The molecule has 4 aromatic carbocycles. The van der Waals surface area contributed by atoms with Gasteiger partial charge in [0.25, 0.3) is 0 Å². The van der Waals surface area contributed by atoms with Crippen molar-refractivity contribution in [3.63, 3.8) is 0 Å². The Labute approximate surface area is 247 Å². The van der Waals surface area contributed by atoms with E-state index < -0.39 is 0 Å².